The fourth-order valence-corrected chi connectivity index (χ4v) is 3.67. The van der Waals surface area contributed by atoms with Gasteiger partial charge < -0.3 is 10.2 Å². The molecule has 27 heavy (non-hydrogen) atoms. The molecular formula is C24H48O3. The van der Waals surface area contributed by atoms with Crippen LogP contribution in [0.25, 0.3) is 0 Å². The first-order chi connectivity index (χ1) is 13.0. The molecule has 0 aromatic rings. The average molecular weight is 385 g/mol. The number of carbonyl (C=O) groups is 1. The summed E-state index contributed by atoms with van der Waals surface area (Å²) in [5.41, 5.74) is 0. The third-order valence-electron chi connectivity index (χ3n) is 5.54. The van der Waals surface area contributed by atoms with Crippen molar-refractivity contribution in [3.05, 3.63) is 0 Å². The Morgan fingerprint density at radius 2 is 0.815 bits per heavy atom. The van der Waals surface area contributed by atoms with Crippen molar-refractivity contribution in [3.63, 3.8) is 0 Å². The van der Waals surface area contributed by atoms with Crippen molar-refractivity contribution in [2.24, 2.45) is 5.92 Å². The molecule has 3 heteroatoms. The molecule has 162 valence electrons. The molecule has 2 N–H and O–H groups in total. The molecule has 0 radical (unpaired) electrons. The van der Waals surface area contributed by atoms with Gasteiger partial charge in [0.05, 0.1) is 0 Å². The summed E-state index contributed by atoms with van der Waals surface area (Å²) in [6.45, 7) is 4.64. The summed E-state index contributed by atoms with van der Waals surface area (Å²) in [6, 6.07) is 0. The van der Waals surface area contributed by atoms with E-state index in [2.05, 4.69) is 13.8 Å². The van der Waals surface area contributed by atoms with Crippen LogP contribution in [0, 0.1) is 5.92 Å². The van der Waals surface area contributed by atoms with E-state index in [0.717, 1.165) is 18.8 Å². The Hall–Kier alpha value is -0.570. The number of aliphatic hydroxyl groups is 1. The van der Waals surface area contributed by atoms with E-state index in [1.54, 1.807) is 0 Å². The monoisotopic (exact) mass is 384 g/mol. The molecule has 0 aliphatic rings. The average Bonchev–Trinajstić information content (AvgIpc) is 2.63. The van der Waals surface area contributed by atoms with Crippen molar-refractivity contribution in [1.29, 1.82) is 0 Å². The summed E-state index contributed by atoms with van der Waals surface area (Å²) in [5.74, 6) is -0.220. The SMILES string of the molecule is CC(C)CCCCCCCCCCCCCCCCCCC[C@@H](O)C(=O)O. The molecule has 1 atom stereocenters. The lowest BCUT2D eigenvalue weighted by atomic mass is 10.0. The Kier molecular flexibility index (Phi) is 19.7. The predicted octanol–water partition coefficient (Wildman–Crippen LogP) is 7.50. The highest BCUT2D eigenvalue weighted by atomic mass is 16.4. The summed E-state index contributed by atoms with van der Waals surface area (Å²) in [5, 5.41) is 17.8. The van der Waals surface area contributed by atoms with E-state index < -0.39 is 12.1 Å². The molecule has 0 fully saturated rings. The first-order valence-corrected chi connectivity index (χ1v) is 11.9. The van der Waals surface area contributed by atoms with Gasteiger partial charge in [-0.2, -0.15) is 0 Å². The van der Waals surface area contributed by atoms with Gasteiger partial charge in [0.15, 0.2) is 6.10 Å². The summed E-state index contributed by atoms with van der Waals surface area (Å²) in [7, 11) is 0. The Morgan fingerprint density at radius 1 is 0.556 bits per heavy atom. The zero-order chi connectivity index (χ0) is 20.2. The lowest BCUT2D eigenvalue weighted by Gasteiger charge is -2.05. The Labute approximate surface area is 169 Å². The van der Waals surface area contributed by atoms with Gasteiger partial charge in [-0.3, -0.25) is 0 Å². The van der Waals surface area contributed by atoms with Crippen LogP contribution in [0.4, 0.5) is 0 Å². The van der Waals surface area contributed by atoms with E-state index >= 15 is 0 Å². The van der Waals surface area contributed by atoms with E-state index in [0.29, 0.717) is 6.42 Å². The van der Waals surface area contributed by atoms with Crippen LogP contribution in [0.15, 0.2) is 0 Å². The minimum absolute atomic E-state index is 0.396. The second-order valence-electron chi connectivity index (χ2n) is 8.84. The first-order valence-electron chi connectivity index (χ1n) is 11.9. The van der Waals surface area contributed by atoms with Crippen LogP contribution in [0.1, 0.15) is 136 Å². The molecule has 0 amide bonds. The molecule has 0 heterocycles. The lowest BCUT2D eigenvalue weighted by Crippen LogP contribution is -2.18. The molecule has 0 aliphatic heterocycles. The van der Waals surface area contributed by atoms with Crippen LogP contribution in [0.3, 0.4) is 0 Å². The highest BCUT2D eigenvalue weighted by Crippen LogP contribution is 2.15. The van der Waals surface area contributed by atoms with Crippen molar-refractivity contribution in [2.45, 2.75) is 142 Å². The maximum absolute atomic E-state index is 10.5. The number of unbranched alkanes of at least 4 members (excludes halogenated alkanes) is 16. The van der Waals surface area contributed by atoms with Crippen molar-refractivity contribution >= 4 is 5.97 Å². The zero-order valence-electron chi connectivity index (χ0n) is 18.4. The number of rotatable bonds is 21. The van der Waals surface area contributed by atoms with Gasteiger partial charge in [0.25, 0.3) is 0 Å². The molecule has 0 rings (SSSR count). The van der Waals surface area contributed by atoms with Gasteiger partial charge in [-0.15, -0.1) is 0 Å². The predicted molar refractivity (Wildman–Crippen MR) is 116 cm³/mol. The smallest absolute Gasteiger partial charge is 0.332 e. The molecule has 0 saturated heterocycles. The molecular weight excluding hydrogens is 336 g/mol. The summed E-state index contributed by atoms with van der Waals surface area (Å²) in [4.78, 5) is 10.5. The van der Waals surface area contributed by atoms with Gasteiger partial charge in [-0.1, -0.05) is 129 Å². The van der Waals surface area contributed by atoms with Crippen LogP contribution in [0.5, 0.6) is 0 Å². The highest BCUT2D eigenvalue weighted by Gasteiger charge is 2.11. The molecule has 0 bridgehead atoms. The van der Waals surface area contributed by atoms with E-state index in [4.69, 9.17) is 5.11 Å². The number of aliphatic hydroxyl groups excluding tert-OH is 1. The molecule has 0 aliphatic carbocycles. The molecule has 0 saturated carbocycles. The minimum atomic E-state index is -1.17. The zero-order valence-corrected chi connectivity index (χ0v) is 18.4. The maximum Gasteiger partial charge on any atom is 0.332 e. The highest BCUT2D eigenvalue weighted by molar-refractivity contribution is 5.71. The molecule has 0 spiro atoms. The number of hydrogen-bond acceptors (Lipinski definition) is 2. The van der Waals surface area contributed by atoms with Gasteiger partial charge in [-0.05, 0) is 12.3 Å². The van der Waals surface area contributed by atoms with Crippen molar-refractivity contribution in [1.82, 2.24) is 0 Å². The largest absolute Gasteiger partial charge is 0.479 e. The maximum atomic E-state index is 10.5. The van der Waals surface area contributed by atoms with Crippen molar-refractivity contribution < 1.29 is 15.0 Å². The Balaban J connectivity index is 3.06. The quantitative estimate of drug-likeness (QED) is 0.201. The number of carboxylic acid groups (broad SMARTS) is 1. The second kappa shape index (κ2) is 20.2. The first kappa shape index (κ1) is 26.4. The third-order valence-corrected chi connectivity index (χ3v) is 5.54. The van der Waals surface area contributed by atoms with Gasteiger partial charge in [-0.25, -0.2) is 4.79 Å². The molecule has 0 aromatic heterocycles. The fourth-order valence-electron chi connectivity index (χ4n) is 3.67. The van der Waals surface area contributed by atoms with E-state index in [1.165, 1.54) is 103 Å². The topological polar surface area (TPSA) is 57.5 Å². The standard InChI is InChI=1S/C24H48O3/c1-22(2)20-18-16-14-12-10-8-6-4-3-5-7-9-11-13-15-17-19-21-23(25)24(26)27/h22-23,25H,3-21H2,1-2H3,(H,26,27)/t23-/m1/s1. The van der Waals surface area contributed by atoms with Gasteiger partial charge in [0.1, 0.15) is 0 Å². The van der Waals surface area contributed by atoms with Gasteiger partial charge in [0, 0.05) is 0 Å². The third kappa shape index (κ3) is 21.6. The summed E-state index contributed by atoms with van der Waals surface area (Å²) in [6.07, 6.45) is 23.2. The van der Waals surface area contributed by atoms with Crippen molar-refractivity contribution in [3.8, 4) is 0 Å². The van der Waals surface area contributed by atoms with Gasteiger partial charge in [0.2, 0.25) is 0 Å². The van der Waals surface area contributed by atoms with Crippen molar-refractivity contribution in [2.75, 3.05) is 0 Å². The van der Waals surface area contributed by atoms with Gasteiger partial charge >= 0.3 is 5.97 Å². The molecule has 3 nitrogen and oxygen atoms in total. The summed E-state index contributed by atoms with van der Waals surface area (Å²) < 4.78 is 0. The molecule has 0 aromatic carbocycles. The number of aliphatic carboxylic acids is 1. The lowest BCUT2D eigenvalue weighted by molar-refractivity contribution is -0.146. The van der Waals surface area contributed by atoms with E-state index in [9.17, 15) is 9.90 Å². The second-order valence-corrected chi connectivity index (χ2v) is 8.84. The minimum Gasteiger partial charge on any atom is -0.479 e. The Bertz CT molecular complexity index is 315. The molecule has 0 unspecified atom stereocenters. The van der Waals surface area contributed by atoms with Crippen LogP contribution in [-0.2, 0) is 4.79 Å². The number of hydrogen-bond donors (Lipinski definition) is 2. The van der Waals surface area contributed by atoms with E-state index in [-0.39, 0.29) is 0 Å². The Morgan fingerprint density at radius 3 is 1.07 bits per heavy atom. The van der Waals surface area contributed by atoms with Crippen LogP contribution < -0.4 is 0 Å². The normalized spacial score (nSPS) is 12.6. The summed E-state index contributed by atoms with van der Waals surface area (Å²) >= 11 is 0. The van der Waals surface area contributed by atoms with Crippen LogP contribution >= 0.6 is 0 Å². The van der Waals surface area contributed by atoms with E-state index in [1.807, 2.05) is 0 Å². The number of carboxylic acids is 1. The van der Waals surface area contributed by atoms with Crippen LogP contribution in [0.2, 0.25) is 0 Å². The van der Waals surface area contributed by atoms with Crippen LogP contribution in [-0.4, -0.2) is 22.3 Å². The fraction of sp³-hybridized carbons (Fsp3) is 0.958.